The number of Topliss-reactive ketones (excluding diaryl/α,β-unsaturated/α-hetero) is 1. The van der Waals surface area contributed by atoms with Gasteiger partial charge in [-0.25, -0.2) is 5.01 Å². The summed E-state index contributed by atoms with van der Waals surface area (Å²) in [6.07, 6.45) is 4.15. The number of carbonyl (C=O) groups is 1. The molecule has 1 aliphatic heterocycles. The molecular formula is C19H22N4OS. The monoisotopic (exact) mass is 354 g/mol. The normalized spacial score (nSPS) is 20.8. The van der Waals surface area contributed by atoms with Gasteiger partial charge in [-0.15, -0.1) is 11.8 Å². The fourth-order valence-corrected chi connectivity index (χ4v) is 4.06. The van der Waals surface area contributed by atoms with E-state index in [2.05, 4.69) is 6.07 Å². The summed E-state index contributed by atoms with van der Waals surface area (Å²) in [5, 5.41) is 13.5. The average molecular weight is 354 g/mol. The second-order valence-corrected chi connectivity index (χ2v) is 7.29. The molecule has 1 aromatic carbocycles. The van der Waals surface area contributed by atoms with Gasteiger partial charge >= 0.3 is 0 Å². The van der Waals surface area contributed by atoms with Crippen LogP contribution in [-0.2, 0) is 4.79 Å². The average Bonchev–Trinajstić information content (AvgIpc) is 2.60. The Morgan fingerprint density at radius 3 is 2.52 bits per heavy atom. The van der Waals surface area contributed by atoms with Crippen LogP contribution in [0.15, 0.2) is 51.8 Å². The Balaban J connectivity index is 2.21. The molecule has 0 spiro atoms. The van der Waals surface area contributed by atoms with Gasteiger partial charge in [0.15, 0.2) is 5.78 Å². The SMILES string of the molecule is CSc1ccc(C2C(C#N)=C(N)N(N(C)C)C3=C2C(=O)CCC3)cc1. The van der Waals surface area contributed by atoms with Crippen LogP contribution in [0.1, 0.15) is 30.7 Å². The van der Waals surface area contributed by atoms with Gasteiger partial charge in [0.05, 0.1) is 17.6 Å². The number of hydrogen-bond donors (Lipinski definition) is 1. The summed E-state index contributed by atoms with van der Waals surface area (Å²) >= 11 is 1.66. The first-order valence-electron chi connectivity index (χ1n) is 8.26. The van der Waals surface area contributed by atoms with Gasteiger partial charge in [0.1, 0.15) is 5.82 Å². The van der Waals surface area contributed by atoms with Crippen molar-refractivity contribution < 1.29 is 4.79 Å². The fraction of sp³-hybridized carbons (Fsp3) is 0.368. The first-order valence-corrected chi connectivity index (χ1v) is 9.49. The number of hydrazine groups is 1. The van der Waals surface area contributed by atoms with Crippen LogP contribution in [0.25, 0.3) is 0 Å². The Morgan fingerprint density at radius 1 is 1.28 bits per heavy atom. The third-order valence-corrected chi connectivity index (χ3v) is 5.48. The standard InChI is InChI=1S/C19H22N4OS/c1-22(2)23-15-5-4-6-16(24)18(15)17(14(11-20)19(23)21)12-7-9-13(25-3)10-8-12/h7-10,17H,4-6,21H2,1-3H3. The van der Waals surface area contributed by atoms with Crippen LogP contribution in [-0.4, -0.2) is 36.2 Å². The zero-order valence-electron chi connectivity index (χ0n) is 14.7. The van der Waals surface area contributed by atoms with E-state index in [4.69, 9.17) is 5.73 Å². The van der Waals surface area contributed by atoms with Crippen LogP contribution < -0.4 is 5.73 Å². The Hall–Kier alpha value is -2.23. The highest BCUT2D eigenvalue weighted by atomic mass is 32.2. The second-order valence-electron chi connectivity index (χ2n) is 6.41. The lowest BCUT2D eigenvalue weighted by molar-refractivity contribution is -0.116. The maximum Gasteiger partial charge on any atom is 0.161 e. The van der Waals surface area contributed by atoms with E-state index in [1.54, 1.807) is 11.8 Å². The molecule has 130 valence electrons. The summed E-state index contributed by atoms with van der Waals surface area (Å²) in [6, 6.07) is 10.3. The van der Waals surface area contributed by atoms with Crippen LogP contribution in [0.5, 0.6) is 0 Å². The van der Waals surface area contributed by atoms with Crippen LogP contribution in [0, 0.1) is 11.3 Å². The number of thioether (sulfide) groups is 1. The lowest BCUT2D eigenvalue weighted by Gasteiger charge is -2.42. The van der Waals surface area contributed by atoms with Gasteiger partial charge in [-0.2, -0.15) is 5.26 Å². The number of benzene rings is 1. The maximum atomic E-state index is 12.8. The lowest BCUT2D eigenvalue weighted by Crippen LogP contribution is -2.45. The third-order valence-electron chi connectivity index (χ3n) is 4.74. The Bertz CT molecular complexity index is 802. The minimum atomic E-state index is -0.375. The van der Waals surface area contributed by atoms with Crippen molar-refractivity contribution in [2.24, 2.45) is 5.73 Å². The van der Waals surface area contributed by atoms with E-state index in [1.165, 1.54) is 0 Å². The van der Waals surface area contributed by atoms with Gasteiger partial charge in [-0.3, -0.25) is 9.80 Å². The number of allylic oxidation sites excluding steroid dienone is 3. The third kappa shape index (κ3) is 2.94. The van der Waals surface area contributed by atoms with Crippen molar-refractivity contribution in [1.29, 1.82) is 5.26 Å². The topological polar surface area (TPSA) is 73.4 Å². The molecule has 1 unspecified atom stereocenters. The molecule has 2 N–H and O–H groups in total. The molecule has 0 amide bonds. The van der Waals surface area contributed by atoms with Gasteiger partial charge in [-0.1, -0.05) is 12.1 Å². The number of nitriles is 1. The molecule has 0 saturated heterocycles. The predicted octanol–water partition coefficient (Wildman–Crippen LogP) is 2.99. The molecule has 0 bridgehead atoms. The van der Waals surface area contributed by atoms with E-state index in [-0.39, 0.29) is 11.7 Å². The van der Waals surface area contributed by atoms with E-state index in [1.807, 2.05) is 54.6 Å². The number of rotatable bonds is 3. The molecule has 1 aliphatic carbocycles. The summed E-state index contributed by atoms with van der Waals surface area (Å²) in [7, 11) is 3.75. The number of ketones is 1. The molecule has 3 rings (SSSR count). The zero-order chi connectivity index (χ0) is 18.1. The summed E-state index contributed by atoms with van der Waals surface area (Å²) in [4.78, 5) is 13.9. The predicted molar refractivity (Wildman–Crippen MR) is 99.2 cm³/mol. The smallest absolute Gasteiger partial charge is 0.161 e. The molecule has 6 heteroatoms. The first kappa shape index (κ1) is 17.6. The maximum absolute atomic E-state index is 12.8. The highest BCUT2D eigenvalue weighted by Crippen LogP contribution is 2.44. The molecule has 1 atom stereocenters. The van der Waals surface area contributed by atoms with Crippen molar-refractivity contribution in [1.82, 2.24) is 10.0 Å². The summed E-state index contributed by atoms with van der Waals surface area (Å²) < 4.78 is 0. The van der Waals surface area contributed by atoms with E-state index >= 15 is 0 Å². The minimum Gasteiger partial charge on any atom is -0.383 e. The lowest BCUT2D eigenvalue weighted by atomic mass is 9.76. The van der Waals surface area contributed by atoms with Crippen molar-refractivity contribution in [3.8, 4) is 6.07 Å². The van der Waals surface area contributed by atoms with Gasteiger partial charge < -0.3 is 5.73 Å². The number of carbonyl (C=O) groups excluding carboxylic acids is 1. The first-order chi connectivity index (χ1) is 12.0. The fourth-order valence-electron chi connectivity index (χ4n) is 3.65. The van der Waals surface area contributed by atoms with Gasteiger partial charge in [0.25, 0.3) is 0 Å². The number of nitrogens with zero attached hydrogens (tertiary/aromatic N) is 3. The van der Waals surface area contributed by atoms with Gasteiger partial charge in [-0.05, 0) is 36.8 Å². The van der Waals surface area contributed by atoms with E-state index in [0.29, 0.717) is 17.8 Å². The van der Waals surface area contributed by atoms with Crippen molar-refractivity contribution in [3.05, 3.63) is 52.5 Å². The number of nitrogens with two attached hydrogens (primary N) is 1. The largest absolute Gasteiger partial charge is 0.383 e. The zero-order valence-corrected chi connectivity index (χ0v) is 15.6. The van der Waals surface area contributed by atoms with Crippen molar-refractivity contribution in [2.45, 2.75) is 30.1 Å². The van der Waals surface area contributed by atoms with Gasteiger partial charge in [0, 0.05) is 36.7 Å². The Kier molecular flexibility index (Phi) is 4.89. The molecule has 0 radical (unpaired) electrons. The molecule has 0 fully saturated rings. The van der Waals surface area contributed by atoms with Crippen molar-refractivity contribution >= 4 is 17.5 Å². The number of hydrogen-bond acceptors (Lipinski definition) is 6. The van der Waals surface area contributed by atoms with Crippen molar-refractivity contribution in [3.63, 3.8) is 0 Å². The summed E-state index contributed by atoms with van der Waals surface area (Å²) in [5.74, 6) is 0.159. The quantitative estimate of drug-likeness (QED) is 0.841. The van der Waals surface area contributed by atoms with Crippen LogP contribution in [0.2, 0.25) is 0 Å². The van der Waals surface area contributed by atoms with Crippen molar-refractivity contribution in [2.75, 3.05) is 20.4 Å². The van der Waals surface area contributed by atoms with Crippen LogP contribution >= 0.6 is 11.8 Å². The second kappa shape index (κ2) is 6.95. The molecule has 1 heterocycles. The molecular weight excluding hydrogens is 332 g/mol. The van der Waals surface area contributed by atoms with E-state index in [9.17, 15) is 10.1 Å². The van der Waals surface area contributed by atoms with E-state index < -0.39 is 0 Å². The summed E-state index contributed by atoms with van der Waals surface area (Å²) in [5.41, 5.74) is 9.40. The van der Waals surface area contributed by atoms with E-state index in [0.717, 1.165) is 34.6 Å². The van der Waals surface area contributed by atoms with Gasteiger partial charge in [0.2, 0.25) is 0 Å². The molecule has 25 heavy (non-hydrogen) atoms. The Morgan fingerprint density at radius 2 is 1.96 bits per heavy atom. The van der Waals surface area contributed by atoms with Crippen LogP contribution in [0.3, 0.4) is 0 Å². The van der Waals surface area contributed by atoms with Crippen LogP contribution in [0.4, 0.5) is 0 Å². The Labute approximate surface area is 152 Å². The highest BCUT2D eigenvalue weighted by molar-refractivity contribution is 7.98. The minimum absolute atomic E-state index is 0.118. The highest BCUT2D eigenvalue weighted by Gasteiger charge is 2.40. The molecule has 5 nitrogen and oxygen atoms in total. The molecule has 2 aliphatic rings. The molecule has 1 aromatic rings. The molecule has 0 aromatic heterocycles. The molecule has 0 saturated carbocycles. The summed E-state index contributed by atoms with van der Waals surface area (Å²) in [6.45, 7) is 0.